The maximum Gasteiger partial charge on any atom is 0.164 e. The molecule has 0 unspecified atom stereocenters. The van der Waals surface area contributed by atoms with Gasteiger partial charge in [-0.1, -0.05) is 182 Å². The Labute approximate surface area is 391 Å². The summed E-state index contributed by atoms with van der Waals surface area (Å²) in [4.78, 5) is 20.2. The molecule has 9 aromatic carbocycles. The SMILES string of the molecule is c1ccc(-c2nc(-c3ccccc3)nc(-c3cccc(-n4c5ccccc5c5cc6c7ccccc7n(-c7cccc(C[n+]8[n-]c(-c9ccccc9)nc8-c8ccccc8)c7)c6cc54)c3)n2)cc1. The largest absolute Gasteiger partial charge is 0.397 e. The fourth-order valence-corrected chi connectivity index (χ4v) is 9.64. The maximum atomic E-state index is 5.08. The van der Waals surface area contributed by atoms with Gasteiger partial charge in [0.25, 0.3) is 0 Å². The van der Waals surface area contributed by atoms with Crippen LogP contribution in [0.4, 0.5) is 0 Å². The van der Waals surface area contributed by atoms with Crippen LogP contribution in [-0.4, -0.2) is 29.1 Å². The van der Waals surface area contributed by atoms with E-state index < -0.39 is 0 Å². The van der Waals surface area contributed by atoms with Gasteiger partial charge in [-0.05, 0) is 65.5 Å². The van der Waals surface area contributed by atoms with Gasteiger partial charge in [0.05, 0.1) is 22.1 Å². The third-order valence-corrected chi connectivity index (χ3v) is 12.8. The van der Waals surface area contributed by atoms with Crippen molar-refractivity contribution in [1.82, 2.24) is 34.2 Å². The highest BCUT2D eigenvalue weighted by molar-refractivity contribution is 6.19. The molecule has 0 atom stereocenters. The third-order valence-electron chi connectivity index (χ3n) is 12.8. The summed E-state index contributed by atoms with van der Waals surface area (Å²) in [7, 11) is 0. The topological polar surface area (TPSA) is 79.4 Å². The van der Waals surface area contributed by atoms with E-state index in [1.54, 1.807) is 0 Å². The minimum absolute atomic E-state index is 0.546. The third kappa shape index (κ3) is 6.82. The molecule has 8 heteroatoms. The molecule has 320 valence electrons. The first-order valence-electron chi connectivity index (χ1n) is 22.8. The van der Waals surface area contributed by atoms with Gasteiger partial charge in [0.15, 0.2) is 17.5 Å². The molecule has 0 spiro atoms. The van der Waals surface area contributed by atoms with Gasteiger partial charge in [-0.15, -0.1) is 0 Å². The summed E-state index contributed by atoms with van der Waals surface area (Å²) in [5.41, 5.74) is 12.4. The Hall–Kier alpha value is -9.27. The monoisotopic (exact) mass is 872 g/mol. The molecule has 4 aromatic heterocycles. The van der Waals surface area contributed by atoms with E-state index in [0.717, 1.165) is 72.6 Å². The first-order chi connectivity index (χ1) is 33.7. The molecule has 13 aromatic rings. The molecule has 13 rings (SSSR count). The van der Waals surface area contributed by atoms with Crippen molar-refractivity contribution in [3.8, 4) is 68.3 Å². The van der Waals surface area contributed by atoms with E-state index in [9.17, 15) is 0 Å². The number of rotatable bonds is 9. The molecule has 0 radical (unpaired) electrons. The van der Waals surface area contributed by atoms with Crippen LogP contribution >= 0.6 is 0 Å². The van der Waals surface area contributed by atoms with E-state index in [-0.39, 0.29) is 0 Å². The average Bonchev–Trinajstić information content (AvgIpc) is 4.09. The van der Waals surface area contributed by atoms with Gasteiger partial charge < -0.3 is 14.1 Å². The van der Waals surface area contributed by atoms with Crippen LogP contribution in [-0.2, 0) is 6.54 Å². The Morgan fingerprint density at radius 3 is 1.37 bits per heavy atom. The highest BCUT2D eigenvalue weighted by Gasteiger charge is 2.20. The zero-order valence-corrected chi connectivity index (χ0v) is 36.7. The second-order valence-corrected chi connectivity index (χ2v) is 17.0. The Kier molecular flexibility index (Phi) is 9.38. The van der Waals surface area contributed by atoms with E-state index >= 15 is 0 Å². The normalized spacial score (nSPS) is 11.6. The van der Waals surface area contributed by atoms with E-state index in [0.29, 0.717) is 29.8 Å². The van der Waals surface area contributed by atoms with Crippen LogP contribution < -0.4 is 9.78 Å². The molecule has 0 N–H and O–H groups in total. The molecule has 0 aliphatic heterocycles. The van der Waals surface area contributed by atoms with Crippen LogP contribution in [0, 0.1) is 0 Å². The molecular formula is C60H40N8. The second kappa shape index (κ2) is 16.3. The Balaban J connectivity index is 0.964. The number of hydrogen-bond donors (Lipinski definition) is 0. The van der Waals surface area contributed by atoms with Gasteiger partial charge in [-0.3, -0.25) is 9.78 Å². The maximum absolute atomic E-state index is 5.08. The number of fused-ring (bicyclic) bond motifs is 6. The van der Waals surface area contributed by atoms with Gasteiger partial charge in [0, 0.05) is 55.2 Å². The Morgan fingerprint density at radius 1 is 0.338 bits per heavy atom. The minimum atomic E-state index is 0.546. The van der Waals surface area contributed by atoms with Crippen LogP contribution in [0.1, 0.15) is 5.56 Å². The van der Waals surface area contributed by atoms with E-state index in [1.807, 2.05) is 102 Å². The minimum Gasteiger partial charge on any atom is -0.397 e. The molecule has 0 saturated carbocycles. The lowest BCUT2D eigenvalue weighted by Crippen LogP contribution is -2.40. The molecule has 0 saturated heterocycles. The van der Waals surface area contributed by atoms with Crippen molar-refractivity contribution in [3.63, 3.8) is 0 Å². The van der Waals surface area contributed by atoms with Crippen molar-refractivity contribution in [1.29, 1.82) is 0 Å². The number of benzene rings is 9. The number of nitrogens with zero attached hydrogens (tertiary/aromatic N) is 8. The van der Waals surface area contributed by atoms with E-state index in [4.69, 9.17) is 25.0 Å². The predicted octanol–water partition coefficient (Wildman–Crippen LogP) is 13.1. The van der Waals surface area contributed by atoms with Crippen LogP contribution in [0.15, 0.2) is 231 Å². The lowest BCUT2D eigenvalue weighted by atomic mass is 10.1. The molecule has 0 bridgehead atoms. The summed E-state index contributed by atoms with van der Waals surface area (Å²) in [6.45, 7) is 0.546. The van der Waals surface area contributed by atoms with Crippen molar-refractivity contribution in [2.75, 3.05) is 0 Å². The molecule has 0 aliphatic rings. The zero-order chi connectivity index (χ0) is 45.0. The highest BCUT2D eigenvalue weighted by atomic mass is 15.3. The van der Waals surface area contributed by atoms with Gasteiger partial charge >= 0.3 is 0 Å². The summed E-state index contributed by atoms with van der Waals surface area (Å²) in [5.74, 6) is 3.41. The van der Waals surface area contributed by atoms with Gasteiger partial charge in [-0.2, -0.15) is 0 Å². The first kappa shape index (κ1) is 39.1. The molecule has 0 fully saturated rings. The van der Waals surface area contributed by atoms with E-state index in [2.05, 4.69) is 143 Å². The molecule has 4 heterocycles. The van der Waals surface area contributed by atoms with Gasteiger partial charge in [-0.25, -0.2) is 15.0 Å². The quantitative estimate of drug-likeness (QED) is 0.135. The lowest BCUT2D eigenvalue weighted by molar-refractivity contribution is -0.737. The Bertz CT molecular complexity index is 3930. The predicted molar refractivity (Wildman–Crippen MR) is 273 cm³/mol. The standard InChI is InChI=1S/C60H40N8/c1-5-20-41(21-6-1)56-61-57(42-22-7-2-8-23-42)63-58(62-56)45-28-18-30-47(36-45)68-53-34-16-14-32-49(53)51-37-50-48-31-13-15-33-52(48)67(54(50)38-55(51)68)46-29-17-19-40(35-46)39-66-60(44-26-11-4-12-27-44)64-59(65-66)43-24-9-3-10-25-43/h1-38H,39H2. The summed E-state index contributed by atoms with van der Waals surface area (Å²) in [6.07, 6.45) is 0. The number of hydrogen-bond acceptors (Lipinski definition) is 4. The highest BCUT2D eigenvalue weighted by Crippen LogP contribution is 2.40. The van der Waals surface area contributed by atoms with E-state index in [1.165, 1.54) is 21.5 Å². The Morgan fingerprint density at radius 2 is 0.794 bits per heavy atom. The molecule has 8 nitrogen and oxygen atoms in total. The van der Waals surface area contributed by atoms with Gasteiger partial charge in [0.2, 0.25) is 0 Å². The van der Waals surface area contributed by atoms with Crippen LogP contribution in [0.5, 0.6) is 0 Å². The molecule has 0 aliphatic carbocycles. The van der Waals surface area contributed by atoms with Crippen LogP contribution in [0.3, 0.4) is 0 Å². The van der Waals surface area contributed by atoms with Gasteiger partial charge in [0.1, 0.15) is 12.4 Å². The number of para-hydroxylation sites is 2. The summed E-state index contributed by atoms with van der Waals surface area (Å²) < 4.78 is 6.81. The molecule has 0 amide bonds. The van der Waals surface area contributed by atoms with Crippen LogP contribution in [0.2, 0.25) is 0 Å². The fraction of sp³-hybridized carbons (Fsp3) is 0.0167. The summed E-state index contributed by atoms with van der Waals surface area (Å²) in [5, 5.41) is 9.84. The first-order valence-corrected chi connectivity index (χ1v) is 22.8. The zero-order valence-electron chi connectivity index (χ0n) is 36.7. The van der Waals surface area contributed by atoms with Crippen molar-refractivity contribution in [2.24, 2.45) is 0 Å². The van der Waals surface area contributed by atoms with Crippen molar-refractivity contribution in [2.45, 2.75) is 6.54 Å². The summed E-state index contributed by atoms with van der Waals surface area (Å²) >= 11 is 0. The molecule has 68 heavy (non-hydrogen) atoms. The van der Waals surface area contributed by atoms with Crippen molar-refractivity contribution < 1.29 is 4.68 Å². The second-order valence-electron chi connectivity index (χ2n) is 17.0. The van der Waals surface area contributed by atoms with Crippen LogP contribution in [0.25, 0.3) is 112 Å². The lowest BCUT2D eigenvalue weighted by Gasteiger charge is -2.13. The smallest absolute Gasteiger partial charge is 0.164 e. The van der Waals surface area contributed by atoms with Crippen molar-refractivity contribution >= 4 is 43.6 Å². The average molecular weight is 873 g/mol. The van der Waals surface area contributed by atoms with Crippen molar-refractivity contribution in [3.05, 3.63) is 236 Å². The molecular weight excluding hydrogens is 833 g/mol. The number of aromatic nitrogens is 8. The fourth-order valence-electron chi connectivity index (χ4n) is 9.64. The summed E-state index contributed by atoms with van der Waals surface area (Å²) in [6, 6.07) is 80.3.